The second kappa shape index (κ2) is 5.40. The number of hydrogen-bond acceptors (Lipinski definition) is 4. The summed E-state index contributed by atoms with van der Waals surface area (Å²) < 4.78 is 0. The highest BCUT2D eigenvalue weighted by Crippen LogP contribution is 2.25. The molecule has 4 heteroatoms. The van der Waals surface area contributed by atoms with E-state index in [0.717, 1.165) is 16.8 Å². The molecule has 0 saturated carbocycles. The topological polar surface area (TPSA) is 74.7 Å². The fourth-order valence-corrected chi connectivity index (χ4v) is 2.00. The first-order valence-corrected chi connectivity index (χ1v) is 6.10. The normalized spacial score (nSPS) is 11.6. The lowest BCUT2D eigenvalue weighted by molar-refractivity contribution is 0.876. The monoisotopic (exact) mass is 252 g/mol. The highest BCUT2D eigenvalue weighted by Gasteiger charge is 2.12. The molecular formula is C15H16N4. The van der Waals surface area contributed by atoms with Gasteiger partial charge in [0.25, 0.3) is 0 Å². The molecule has 1 aromatic heterocycles. The molecule has 0 saturated heterocycles. The van der Waals surface area contributed by atoms with Gasteiger partial charge in [-0.2, -0.15) is 5.26 Å². The lowest BCUT2D eigenvalue weighted by atomic mass is 10.1. The molecule has 0 fully saturated rings. The number of hydrogen-bond donors (Lipinski definition) is 2. The van der Waals surface area contributed by atoms with Crippen LogP contribution in [0.5, 0.6) is 0 Å². The van der Waals surface area contributed by atoms with Gasteiger partial charge in [0.1, 0.15) is 11.9 Å². The van der Waals surface area contributed by atoms with Gasteiger partial charge < -0.3 is 11.1 Å². The van der Waals surface area contributed by atoms with Crippen LogP contribution in [0.1, 0.15) is 29.7 Å². The average molecular weight is 252 g/mol. The summed E-state index contributed by atoms with van der Waals surface area (Å²) in [6.45, 7) is 3.89. The Morgan fingerprint density at radius 2 is 2.05 bits per heavy atom. The first-order valence-electron chi connectivity index (χ1n) is 6.10. The second-order valence-electron chi connectivity index (χ2n) is 4.46. The van der Waals surface area contributed by atoms with Crippen molar-refractivity contribution < 1.29 is 0 Å². The molecule has 0 aliphatic carbocycles. The number of nitrogens with two attached hydrogens (primary N) is 1. The molecule has 0 bridgehead atoms. The molecule has 0 spiro atoms. The van der Waals surface area contributed by atoms with Crippen LogP contribution in [0.4, 0.5) is 11.5 Å². The summed E-state index contributed by atoms with van der Waals surface area (Å²) in [7, 11) is 0. The summed E-state index contributed by atoms with van der Waals surface area (Å²) in [4.78, 5) is 4.23. The first-order chi connectivity index (χ1) is 9.13. The minimum atomic E-state index is -0.0115. The van der Waals surface area contributed by atoms with Gasteiger partial charge in [0, 0.05) is 11.9 Å². The quantitative estimate of drug-likeness (QED) is 0.823. The number of nitriles is 1. The number of aromatic nitrogens is 1. The third-order valence-corrected chi connectivity index (χ3v) is 3.09. The molecule has 19 heavy (non-hydrogen) atoms. The Morgan fingerprint density at radius 1 is 1.32 bits per heavy atom. The summed E-state index contributed by atoms with van der Waals surface area (Å²) in [5.74, 6) is 0.596. The fraction of sp³-hybridized carbons (Fsp3) is 0.200. The molecular weight excluding hydrogens is 236 g/mol. The van der Waals surface area contributed by atoms with Gasteiger partial charge in [-0.25, -0.2) is 4.98 Å². The third kappa shape index (κ3) is 2.66. The van der Waals surface area contributed by atoms with Gasteiger partial charge in [-0.1, -0.05) is 18.2 Å². The van der Waals surface area contributed by atoms with Crippen molar-refractivity contribution in [3.63, 3.8) is 0 Å². The van der Waals surface area contributed by atoms with Gasteiger partial charge in [0.05, 0.1) is 11.6 Å². The number of pyridine rings is 1. The molecule has 4 nitrogen and oxygen atoms in total. The summed E-state index contributed by atoms with van der Waals surface area (Å²) in [5, 5.41) is 12.4. The van der Waals surface area contributed by atoms with Crippen LogP contribution in [0.15, 0.2) is 36.5 Å². The van der Waals surface area contributed by atoms with Crippen LogP contribution in [-0.2, 0) is 0 Å². The Kier molecular flexibility index (Phi) is 3.67. The largest absolute Gasteiger partial charge is 0.398 e. The Balaban J connectivity index is 2.30. The fourth-order valence-electron chi connectivity index (χ4n) is 2.00. The van der Waals surface area contributed by atoms with Crippen molar-refractivity contribution in [2.75, 3.05) is 11.1 Å². The van der Waals surface area contributed by atoms with E-state index < -0.39 is 0 Å². The summed E-state index contributed by atoms with van der Waals surface area (Å²) >= 11 is 0. The van der Waals surface area contributed by atoms with E-state index in [1.165, 1.54) is 0 Å². The molecule has 0 radical (unpaired) electrons. The lowest BCUT2D eigenvalue weighted by Gasteiger charge is -2.18. The van der Waals surface area contributed by atoms with Gasteiger partial charge in [0.2, 0.25) is 0 Å². The minimum absolute atomic E-state index is 0.0115. The highest BCUT2D eigenvalue weighted by atomic mass is 15.0. The van der Waals surface area contributed by atoms with Gasteiger partial charge in [-0.05, 0) is 37.1 Å². The predicted molar refractivity (Wildman–Crippen MR) is 76.6 cm³/mol. The summed E-state index contributed by atoms with van der Waals surface area (Å²) in [5.41, 5.74) is 9.16. The van der Waals surface area contributed by atoms with Crippen molar-refractivity contribution in [2.24, 2.45) is 0 Å². The van der Waals surface area contributed by atoms with Crippen molar-refractivity contribution >= 4 is 11.5 Å². The van der Waals surface area contributed by atoms with E-state index in [9.17, 15) is 5.26 Å². The van der Waals surface area contributed by atoms with Crippen LogP contribution in [0.25, 0.3) is 0 Å². The Morgan fingerprint density at radius 3 is 2.74 bits per heavy atom. The van der Waals surface area contributed by atoms with Crippen molar-refractivity contribution in [1.82, 2.24) is 4.98 Å². The second-order valence-corrected chi connectivity index (χ2v) is 4.46. The Labute approximate surface area is 112 Å². The minimum Gasteiger partial charge on any atom is -0.398 e. The average Bonchev–Trinajstić information content (AvgIpc) is 2.39. The van der Waals surface area contributed by atoms with E-state index in [0.29, 0.717) is 11.4 Å². The zero-order chi connectivity index (χ0) is 13.8. The lowest BCUT2D eigenvalue weighted by Crippen LogP contribution is -2.11. The number of nitrogens with zero attached hydrogens (tertiary/aromatic N) is 2. The van der Waals surface area contributed by atoms with Crippen LogP contribution in [0.2, 0.25) is 0 Å². The molecule has 1 atom stereocenters. The first kappa shape index (κ1) is 12.9. The van der Waals surface area contributed by atoms with E-state index in [2.05, 4.69) is 16.4 Å². The SMILES string of the molecule is Cc1ccnc(NC(C)c2ccccc2N)c1C#N. The van der Waals surface area contributed by atoms with E-state index in [1.54, 1.807) is 6.20 Å². The molecule has 0 aliphatic heterocycles. The highest BCUT2D eigenvalue weighted by molar-refractivity contribution is 5.58. The van der Waals surface area contributed by atoms with Crippen LogP contribution < -0.4 is 11.1 Å². The van der Waals surface area contributed by atoms with E-state index in [-0.39, 0.29) is 6.04 Å². The Hall–Kier alpha value is -2.54. The zero-order valence-electron chi connectivity index (χ0n) is 11.0. The third-order valence-electron chi connectivity index (χ3n) is 3.09. The Bertz CT molecular complexity index is 628. The van der Waals surface area contributed by atoms with Crippen LogP contribution in [0, 0.1) is 18.3 Å². The van der Waals surface area contributed by atoms with E-state index in [4.69, 9.17) is 5.73 Å². The van der Waals surface area contributed by atoms with Gasteiger partial charge in [0.15, 0.2) is 0 Å². The molecule has 3 N–H and O–H groups in total. The maximum absolute atomic E-state index is 9.18. The standard InChI is InChI=1S/C15H16N4/c1-10-7-8-18-15(13(10)9-16)19-11(2)12-5-3-4-6-14(12)17/h3-8,11H,17H2,1-2H3,(H,18,19). The smallest absolute Gasteiger partial charge is 0.144 e. The van der Waals surface area contributed by atoms with Gasteiger partial charge in [-0.3, -0.25) is 0 Å². The van der Waals surface area contributed by atoms with Crippen LogP contribution >= 0.6 is 0 Å². The molecule has 2 rings (SSSR count). The van der Waals surface area contributed by atoms with Crippen molar-refractivity contribution in [2.45, 2.75) is 19.9 Å². The maximum Gasteiger partial charge on any atom is 0.144 e. The zero-order valence-corrected chi connectivity index (χ0v) is 11.0. The number of para-hydroxylation sites is 1. The summed E-state index contributed by atoms with van der Waals surface area (Å²) in [6.07, 6.45) is 1.69. The molecule has 0 aliphatic rings. The maximum atomic E-state index is 9.18. The number of rotatable bonds is 3. The number of anilines is 2. The number of benzene rings is 1. The number of nitrogens with one attached hydrogen (secondary N) is 1. The molecule has 2 aromatic rings. The molecule has 1 aromatic carbocycles. The number of aryl methyl sites for hydroxylation is 1. The van der Waals surface area contributed by atoms with Crippen LogP contribution in [-0.4, -0.2) is 4.98 Å². The van der Waals surface area contributed by atoms with E-state index in [1.807, 2.05) is 44.2 Å². The van der Waals surface area contributed by atoms with Crippen molar-refractivity contribution in [3.8, 4) is 6.07 Å². The molecule has 0 amide bonds. The van der Waals surface area contributed by atoms with Crippen LogP contribution in [0.3, 0.4) is 0 Å². The van der Waals surface area contributed by atoms with Crippen molar-refractivity contribution in [1.29, 1.82) is 5.26 Å². The molecule has 96 valence electrons. The van der Waals surface area contributed by atoms with Crippen molar-refractivity contribution in [3.05, 3.63) is 53.2 Å². The number of nitrogen functional groups attached to an aromatic ring is 1. The van der Waals surface area contributed by atoms with Gasteiger partial charge >= 0.3 is 0 Å². The van der Waals surface area contributed by atoms with Gasteiger partial charge in [-0.15, -0.1) is 0 Å². The summed E-state index contributed by atoms with van der Waals surface area (Å²) in [6, 6.07) is 11.7. The molecule has 1 unspecified atom stereocenters. The molecule has 1 heterocycles. The predicted octanol–water partition coefficient (Wildman–Crippen LogP) is 3.02. The van der Waals surface area contributed by atoms with E-state index >= 15 is 0 Å².